The van der Waals surface area contributed by atoms with Gasteiger partial charge in [-0.25, -0.2) is 14.8 Å². The van der Waals surface area contributed by atoms with Crippen molar-refractivity contribution in [3.8, 4) is 34.3 Å². The summed E-state index contributed by atoms with van der Waals surface area (Å²) in [5, 5.41) is 12.8. The van der Waals surface area contributed by atoms with Gasteiger partial charge in [-0.15, -0.1) is 0 Å². The Bertz CT molecular complexity index is 2160. The minimum absolute atomic E-state index is 0.126. The molecule has 0 saturated heterocycles. The Morgan fingerprint density at radius 3 is 1.96 bits per heavy atom. The van der Waals surface area contributed by atoms with Gasteiger partial charge in [-0.1, -0.05) is 96.0 Å². The van der Waals surface area contributed by atoms with Crippen molar-refractivity contribution >= 4 is 57.9 Å². The average molecular weight is 642 g/mol. The van der Waals surface area contributed by atoms with Gasteiger partial charge in [0.1, 0.15) is 17.4 Å². The zero-order valence-corrected chi connectivity index (χ0v) is 25.5. The Morgan fingerprint density at radius 2 is 1.35 bits per heavy atom. The number of benzene rings is 5. The maximum absolute atomic E-state index is 13.1. The highest BCUT2D eigenvalue weighted by molar-refractivity contribution is 6.42. The molecule has 1 amide bonds. The summed E-state index contributed by atoms with van der Waals surface area (Å²) in [6, 6.07) is 37.6. The summed E-state index contributed by atoms with van der Waals surface area (Å²) >= 11 is 11.9. The van der Waals surface area contributed by atoms with E-state index in [1.165, 1.54) is 12.1 Å². The van der Waals surface area contributed by atoms with Gasteiger partial charge in [0.05, 0.1) is 38.0 Å². The predicted octanol–water partition coefficient (Wildman–Crippen LogP) is 9.04. The number of carbonyl (C=O) groups is 2. The molecular formula is C37H22Cl2N4O3. The van der Waals surface area contributed by atoms with Crippen molar-refractivity contribution in [3.63, 3.8) is 0 Å². The second-order valence-electron chi connectivity index (χ2n) is 10.1. The molecule has 0 atom stereocenters. The Kier molecular flexibility index (Phi) is 8.84. The second-order valence-corrected chi connectivity index (χ2v) is 10.9. The number of esters is 1. The zero-order valence-electron chi connectivity index (χ0n) is 23.9. The number of nitrogens with one attached hydrogen (secondary N) is 1. The highest BCUT2D eigenvalue weighted by Crippen LogP contribution is 2.31. The van der Waals surface area contributed by atoms with Crippen molar-refractivity contribution in [2.24, 2.45) is 0 Å². The summed E-state index contributed by atoms with van der Waals surface area (Å²) in [4.78, 5) is 35.6. The van der Waals surface area contributed by atoms with Crippen LogP contribution in [-0.2, 0) is 4.79 Å². The van der Waals surface area contributed by atoms with Crippen LogP contribution in [0.2, 0.25) is 10.0 Å². The lowest BCUT2D eigenvalue weighted by atomic mass is 10.0. The number of nitrogens with zero attached hydrogens (tertiary/aromatic N) is 3. The fourth-order valence-corrected chi connectivity index (χ4v) is 4.96. The second kappa shape index (κ2) is 13.4. The van der Waals surface area contributed by atoms with Crippen molar-refractivity contribution in [1.82, 2.24) is 9.97 Å². The highest BCUT2D eigenvalue weighted by atomic mass is 35.5. The SMILES string of the molecule is N#C/C(=C\c1ccc(OC(=O)c2ccc3nc(-c4ccccc4)c(-c4ccccc4)nc3c2)cc1)C(=O)Nc1ccc(Cl)c(Cl)c1. The van der Waals surface area contributed by atoms with E-state index in [0.717, 1.165) is 16.8 Å². The summed E-state index contributed by atoms with van der Waals surface area (Å²) < 4.78 is 5.62. The van der Waals surface area contributed by atoms with Crippen LogP contribution in [0.3, 0.4) is 0 Å². The molecule has 0 unspecified atom stereocenters. The van der Waals surface area contributed by atoms with Crippen LogP contribution < -0.4 is 10.1 Å². The van der Waals surface area contributed by atoms with E-state index in [9.17, 15) is 14.9 Å². The van der Waals surface area contributed by atoms with Gasteiger partial charge in [-0.05, 0) is 60.2 Å². The lowest BCUT2D eigenvalue weighted by molar-refractivity contribution is -0.112. The van der Waals surface area contributed by atoms with Gasteiger partial charge >= 0.3 is 5.97 Å². The fraction of sp³-hybridized carbons (Fsp3) is 0. The first-order chi connectivity index (χ1) is 22.4. The monoisotopic (exact) mass is 640 g/mol. The molecular weight excluding hydrogens is 619 g/mol. The number of hydrogen-bond donors (Lipinski definition) is 1. The van der Waals surface area contributed by atoms with Gasteiger partial charge in [0.15, 0.2) is 0 Å². The molecule has 0 aliphatic heterocycles. The molecule has 1 aromatic heterocycles. The van der Waals surface area contributed by atoms with Crippen LogP contribution in [0.15, 0.2) is 127 Å². The van der Waals surface area contributed by atoms with Crippen LogP contribution in [0.1, 0.15) is 15.9 Å². The van der Waals surface area contributed by atoms with E-state index in [-0.39, 0.29) is 16.3 Å². The molecule has 6 aromatic rings. The number of hydrogen-bond acceptors (Lipinski definition) is 6. The molecule has 5 aromatic carbocycles. The van der Waals surface area contributed by atoms with Crippen LogP contribution in [0.5, 0.6) is 5.75 Å². The average Bonchev–Trinajstić information content (AvgIpc) is 3.09. The Hall–Kier alpha value is -5.81. The van der Waals surface area contributed by atoms with Gasteiger partial charge in [0.25, 0.3) is 5.91 Å². The molecule has 7 nitrogen and oxygen atoms in total. The number of ether oxygens (including phenoxy) is 1. The maximum Gasteiger partial charge on any atom is 0.343 e. The predicted molar refractivity (Wildman–Crippen MR) is 180 cm³/mol. The number of carbonyl (C=O) groups excluding carboxylic acids is 2. The summed E-state index contributed by atoms with van der Waals surface area (Å²) in [7, 11) is 0. The third-order valence-corrected chi connectivity index (χ3v) is 7.68. The molecule has 46 heavy (non-hydrogen) atoms. The van der Waals surface area contributed by atoms with Crippen LogP contribution in [0.4, 0.5) is 5.69 Å². The van der Waals surface area contributed by atoms with E-state index in [0.29, 0.717) is 38.6 Å². The number of aromatic nitrogens is 2. The van der Waals surface area contributed by atoms with E-state index in [1.54, 1.807) is 54.6 Å². The lowest BCUT2D eigenvalue weighted by Crippen LogP contribution is -2.13. The van der Waals surface area contributed by atoms with Gasteiger partial charge in [-0.3, -0.25) is 4.79 Å². The molecule has 0 fully saturated rings. The molecule has 0 saturated carbocycles. The largest absolute Gasteiger partial charge is 0.423 e. The molecule has 0 radical (unpaired) electrons. The molecule has 1 heterocycles. The fourth-order valence-electron chi connectivity index (χ4n) is 4.66. The van der Waals surface area contributed by atoms with Crippen molar-refractivity contribution < 1.29 is 14.3 Å². The van der Waals surface area contributed by atoms with Gasteiger partial charge in [0.2, 0.25) is 0 Å². The number of nitriles is 1. The summed E-state index contributed by atoms with van der Waals surface area (Å²) in [6.07, 6.45) is 1.43. The molecule has 0 aliphatic rings. The standard InChI is InChI=1S/C37H22Cl2N4O3/c38-30-17-14-28(21-31(30)39)41-36(44)27(22-40)19-23-11-15-29(16-12-23)46-37(45)26-13-18-32-33(20-26)43-35(25-9-5-2-6-10-25)34(42-32)24-7-3-1-4-8-24/h1-21H,(H,41,44)/b27-19+. The topological polar surface area (TPSA) is 105 Å². The molecule has 9 heteroatoms. The van der Waals surface area contributed by atoms with E-state index in [1.807, 2.05) is 66.7 Å². The summed E-state index contributed by atoms with van der Waals surface area (Å²) in [5.74, 6) is -0.891. The van der Waals surface area contributed by atoms with Crippen molar-refractivity contribution in [2.75, 3.05) is 5.32 Å². The van der Waals surface area contributed by atoms with Crippen LogP contribution >= 0.6 is 23.2 Å². The molecule has 222 valence electrons. The van der Waals surface area contributed by atoms with E-state index >= 15 is 0 Å². The Labute approximate surface area is 274 Å². The Morgan fingerprint density at radius 1 is 0.717 bits per heavy atom. The molecule has 0 aliphatic carbocycles. The lowest BCUT2D eigenvalue weighted by Gasteiger charge is -2.11. The highest BCUT2D eigenvalue weighted by Gasteiger charge is 2.16. The van der Waals surface area contributed by atoms with Crippen molar-refractivity contribution in [2.45, 2.75) is 0 Å². The normalized spacial score (nSPS) is 11.1. The number of anilines is 1. The molecule has 1 N–H and O–H groups in total. The molecule has 0 bridgehead atoms. The summed E-state index contributed by atoms with van der Waals surface area (Å²) in [5.41, 5.74) is 5.63. The van der Waals surface area contributed by atoms with Gasteiger partial charge < -0.3 is 10.1 Å². The van der Waals surface area contributed by atoms with Crippen molar-refractivity contribution in [3.05, 3.63) is 148 Å². The zero-order chi connectivity index (χ0) is 32.0. The number of amides is 1. The Balaban J connectivity index is 1.21. The molecule has 6 rings (SSSR count). The van der Waals surface area contributed by atoms with E-state index in [2.05, 4.69) is 5.32 Å². The first-order valence-electron chi connectivity index (χ1n) is 14.0. The van der Waals surface area contributed by atoms with E-state index < -0.39 is 11.9 Å². The smallest absolute Gasteiger partial charge is 0.343 e. The van der Waals surface area contributed by atoms with Gasteiger partial charge in [0, 0.05) is 16.8 Å². The molecule has 0 spiro atoms. The third kappa shape index (κ3) is 6.79. The third-order valence-electron chi connectivity index (χ3n) is 6.94. The maximum atomic E-state index is 13.1. The van der Waals surface area contributed by atoms with Crippen LogP contribution in [-0.4, -0.2) is 21.8 Å². The van der Waals surface area contributed by atoms with Crippen molar-refractivity contribution in [1.29, 1.82) is 5.26 Å². The first-order valence-corrected chi connectivity index (χ1v) is 14.8. The number of halogens is 2. The van der Waals surface area contributed by atoms with Crippen LogP contribution in [0, 0.1) is 11.3 Å². The number of fused-ring (bicyclic) bond motifs is 1. The summed E-state index contributed by atoms with van der Waals surface area (Å²) in [6.45, 7) is 0. The number of rotatable bonds is 7. The quantitative estimate of drug-likeness (QED) is 0.0807. The van der Waals surface area contributed by atoms with Crippen LogP contribution in [0.25, 0.3) is 39.6 Å². The first kappa shape index (κ1) is 30.2. The van der Waals surface area contributed by atoms with Gasteiger partial charge in [-0.2, -0.15) is 5.26 Å². The van der Waals surface area contributed by atoms with E-state index in [4.69, 9.17) is 37.9 Å². The minimum Gasteiger partial charge on any atom is -0.423 e. The minimum atomic E-state index is -0.609.